The van der Waals surface area contributed by atoms with E-state index in [1.54, 1.807) is 0 Å². The number of ether oxygens (including phenoxy) is 2. The minimum Gasteiger partial charge on any atom is -0.465 e. The molecule has 0 bridgehead atoms. The first kappa shape index (κ1) is 23.7. The Morgan fingerprint density at radius 1 is 1.09 bits per heavy atom. The van der Waals surface area contributed by atoms with Crippen LogP contribution in [0.3, 0.4) is 0 Å². The molecular weight excluding hydrogens is 458 g/mol. The van der Waals surface area contributed by atoms with Crippen molar-refractivity contribution in [2.45, 2.75) is 10.8 Å². The highest BCUT2D eigenvalue weighted by Crippen LogP contribution is 2.25. The summed E-state index contributed by atoms with van der Waals surface area (Å²) in [6, 6.07) is 10.4. The van der Waals surface area contributed by atoms with Crippen LogP contribution in [0.5, 0.6) is 0 Å². The molecule has 0 unspecified atom stereocenters. The van der Waals surface area contributed by atoms with E-state index in [1.165, 1.54) is 27.8 Å². The molecule has 0 radical (unpaired) electrons. The van der Waals surface area contributed by atoms with Crippen LogP contribution in [-0.2, 0) is 30.9 Å². The molecule has 32 heavy (non-hydrogen) atoms. The fraction of sp³-hybridized carbons (Fsp3) is 0.350. The SMILES string of the molecule is COC(=O)c1csc(S(=O)(=O)N2CCN(C(=O)CNC(=O)OCc3ccccc3)CC2)c1. The zero-order valence-electron chi connectivity index (χ0n) is 17.4. The number of esters is 1. The maximum absolute atomic E-state index is 12.8. The molecule has 0 atom stereocenters. The van der Waals surface area contributed by atoms with Crippen molar-refractivity contribution in [2.75, 3.05) is 39.8 Å². The average Bonchev–Trinajstić information content (AvgIpc) is 3.33. The zero-order chi connectivity index (χ0) is 23.1. The highest BCUT2D eigenvalue weighted by Gasteiger charge is 2.31. The number of hydrogen-bond donors (Lipinski definition) is 1. The van der Waals surface area contributed by atoms with E-state index in [4.69, 9.17) is 4.74 Å². The maximum Gasteiger partial charge on any atom is 0.407 e. The molecule has 12 heteroatoms. The largest absolute Gasteiger partial charge is 0.465 e. The lowest BCUT2D eigenvalue weighted by Crippen LogP contribution is -2.52. The van der Waals surface area contributed by atoms with Crippen LogP contribution in [-0.4, -0.2) is 75.4 Å². The molecule has 172 valence electrons. The maximum atomic E-state index is 12.8. The monoisotopic (exact) mass is 481 g/mol. The lowest BCUT2D eigenvalue weighted by molar-refractivity contribution is -0.131. The van der Waals surface area contributed by atoms with E-state index in [1.807, 2.05) is 30.3 Å². The molecule has 2 heterocycles. The van der Waals surface area contributed by atoms with Crippen molar-refractivity contribution in [3.63, 3.8) is 0 Å². The van der Waals surface area contributed by atoms with Gasteiger partial charge in [0, 0.05) is 31.6 Å². The van der Waals surface area contributed by atoms with Gasteiger partial charge >= 0.3 is 12.1 Å². The number of amides is 2. The van der Waals surface area contributed by atoms with Gasteiger partial charge in [0.05, 0.1) is 12.7 Å². The van der Waals surface area contributed by atoms with Crippen LogP contribution in [0.4, 0.5) is 4.79 Å². The molecule has 1 fully saturated rings. The lowest BCUT2D eigenvalue weighted by atomic mass is 10.2. The Hall–Kier alpha value is -2.96. The van der Waals surface area contributed by atoms with Gasteiger partial charge in [0.25, 0.3) is 10.0 Å². The van der Waals surface area contributed by atoms with E-state index in [-0.39, 0.29) is 55.0 Å². The van der Waals surface area contributed by atoms with Gasteiger partial charge in [-0.1, -0.05) is 30.3 Å². The molecule has 1 aromatic heterocycles. The van der Waals surface area contributed by atoms with Crippen LogP contribution in [0.1, 0.15) is 15.9 Å². The van der Waals surface area contributed by atoms with Crippen molar-refractivity contribution in [1.29, 1.82) is 0 Å². The van der Waals surface area contributed by atoms with Gasteiger partial charge in [-0.15, -0.1) is 11.3 Å². The van der Waals surface area contributed by atoms with E-state index < -0.39 is 22.1 Å². The fourth-order valence-corrected chi connectivity index (χ4v) is 5.74. The summed E-state index contributed by atoms with van der Waals surface area (Å²) in [4.78, 5) is 37.2. The first-order valence-corrected chi connectivity index (χ1v) is 12.0. The smallest absolute Gasteiger partial charge is 0.407 e. The van der Waals surface area contributed by atoms with Crippen molar-refractivity contribution in [2.24, 2.45) is 0 Å². The second-order valence-electron chi connectivity index (χ2n) is 6.85. The fourth-order valence-electron chi connectivity index (χ4n) is 3.02. The first-order chi connectivity index (χ1) is 15.3. The number of sulfonamides is 1. The predicted molar refractivity (Wildman–Crippen MR) is 116 cm³/mol. The summed E-state index contributed by atoms with van der Waals surface area (Å²) in [6.45, 7) is 0.448. The van der Waals surface area contributed by atoms with E-state index in [2.05, 4.69) is 10.1 Å². The Balaban J connectivity index is 1.45. The first-order valence-electron chi connectivity index (χ1n) is 9.70. The molecule has 1 saturated heterocycles. The molecule has 10 nitrogen and oxygen atoms in total. The van der Waals surface area contributed by atoms with Gasteiger partial charge < -0.3 is 19.7 Å². The van der Waals surface area contributed by atoms with Crippen molar-refractivity contribution < 1.29 is 32.3 Å². The van der Waals surface area contributed by atoms with E-state index in [0.29, 0.717) is 0 Å². The van der Waals surface area contributed by atoms with Gasteiger partial charge in [0.2, 0.25) is 5.91 Å². The summed E-state index contributed by atoms with van der Waals surface area (Å²) < 4.78 is 36.6. The summed E-state index contributed by atoms with van der Waals surface area (Å²) in [5.41, 5.74) is 1.01. The molecule has 0 spiro atoms. The summed E-state index contributed by atoms with van der Waals surface area (Å²) in [5.74, 6) is -0.935. The molecule has 0 saturated carbocycles. The van der Waals surface area contributed by atoms with Crippen LogP contribution in [0.15, 0.2) is 46.0 Å². The number of carbonyl (C=O) groups excluding carboxylic acids is 3. The van der Waals surface area contributed by atoms with Gasteiger partial charge in [-0.25, -0.2) is 18.0 Å². The molecule has 3 rings (SSSR count). The van der Waals surface area contributed by atoms with Crippen LogP contribution in [0, 0.1) is 0 Å². The Morgan fingerprint density at radius 2 is 1.78 bits per heavy atom. The van der Waals surface area contributed by atoms with Gasteiger partial charge in [0.1, 0.15) is 17.4 Å². The summed E-state index contributed by atoms with van der Waals surface area (Å²) in [6.07, 6.45) is -0.706. The molecule has 1 aliphatic heterocycles. The van der Waals surface area contributed by atoms with E-state index in [0.717, 1.165) is 16.9 Å². The van der Waals surface area contributed by atoms with E-state index in [9.17, 15) is 22.8 Å². The lowest BCUT2D eigenvalue weighted by Gasteiger charge is -2.33. The molecule has 1 N–H and O–H groups in total. The second-order valence-corrected chi connectivity index (χ2v) is 9.92. The summed E-state index contributed by atoms with van der Waals surface area (Å²) in [5, 5.41) is 3.84. The number of thiophene rings is 1. The predicted octanol–water partition coefficient (Wildman–Crippen LogP) is 1.29. The highest BCUT2D eigenvalue weighted by molar-refractivity contribution is 7.91. The molecule has 1 aliphatic rings. The van der Waals surface area contributed by atoms with Crippen LogP contribution in [0.2, 0.25) is 0 Å². The number of carbonyl (C=O) groups is 3. The number of rotatable bonds is 7. The number of methoxy groups -OCH3 is 1. The molecule has 2 amide bonds. The minimum absolute atomic E-state index is 0.0421. The average molecular weight is 482 g/mol. The Kier molecular flexibility index (Phi) is 7.83. The zero-order valence-corrected chi connectivity index (χ0v) is 19.0. The Morgan fingerprint density at radius 3 is 2.44 bits per heavy atom. The standard InChI is InChI=1S/C20H23N3O7S2/c1-29-19(25)16-11-18(31-14-16)32(27,28)23-9-7-22(8-10-23)17(24)12-21-20(26)30-13-15-5-3-2-4-6-15/h2-6,11,14H,7-10,12-13H2,1H3,(H,21,26). The number of piperazine rings is 1. The number of nitrogens with one attached hydrogen (secondary N) is 1. The third kappa shape index (κ3) is 5.84. The Labute approximate surface area is 189 Å². The van der Waals surface area contributed by atoms with Crippen LogP contribution in [0.25, 0.3) is 0 Å². The molecule has 2 aromatic rings. The van der Waals surface area contributed by atoms with Crippen molar-refractivity contribution >= 4 is 39.3 Å². The number of alkyl carbamates (subject to hydrolysis) is 1. The second kappa shape index (κ2) is 10.6. The van der Waals surface area contributed by atoms with Crippen molar-refractivity contribution in [3.8, 4) is 0 Å². The number of hydrogen-bond acceptors (Lipinski definition) is 8. The molecular formula is C20H23N3O7S2. The number of nitrogens with zero attached hydrogens (tertiary/aromatic N) is 2. The summed E-state index contributed by atoms with van der Waals surface area (Å²) >= 11 is 0.943. The van der Waals surface area contributed by atoms with Gasteiger partial charge in [-0.05, 0) is 11.6 Å². The Bertz CT molecular complexity index is 1060. The molecule has 1 aromatic carbocycles. The highest BCUT2D eigenvalue weighted by atomic mass is 32.2. The van der Waals surface area contributed by atoms with Crippen molar-refractivity contribution in [3.05, 3.63) is 52.9 Å². The molecule has 0 aliphatic carbocycles. The van der Waals surface area contributed by atoms with E-state index >= 15 is 0 Å². The summed E-state index contributed by atoms with van der Waals surface area (Å²) in [7, 11) is -2.55. The topological polar surface area (TPSA) is 122 Å². The number of benzene rings is 1. The van der Waals surface area contributed by atoms with Crippen LogP contribution >= 0.6 is 11.3 Å². The van der Waals surface area contributed by atoms with Crippen LogP contribution < -0.4 is 5.32 Å². The van der Waals surface area contributed by atoms with Gasteiger partial charge in [-0.3, -0.25) is 4.79 Å². The third-order valence-electron chi connectivity index (χ3n) is 4.78. The quantitative estimate of drug-likeness (QED) is 0.592. The third-order valence-corrected chi connectivity index (χ3v) is 8.09. The normalized spacial score (nSPS) is 14.6. The minimum atomic E-state index is -3.78. The van der Waals surface area contributed by atoms with Crippen molar-refractivity contribution in [1.82, 2.24) is 14.5 Å². The van der Waals surface area contributed by atoms with Gasteiger partial charge in [-0.2, -0.15) is 4.31 Å². The van der Waals surface area contributed by atoms with Gasteiger partial charge in [0.15, 0.2) is 0 Å².